The fourth-order valence-electron chi connectivity index (χ4n) is 0.876. The summed E-state index contributed by atoms with van der Waals surface area (Å²) in [4.78, 5) is 14.2. The molecule has 0 aliphatic rings. The second-order valence-electron chi connectivity index (χ2n) is 2.97. The Balaban J connectivity index is 0.00000225. The van der Waals surface area contributed by atoms with E-state index in [2.05, 4.69) is 20.9 Å². The van der Waals surface area contributed by atoms with Crippen LogP contribution in [-0.4, -0.2) is 23.3 Å². The van der Waals surface area contributed by atoms with Crippen molar-refractivity contribution in [3.8, 4) is 5.75 Å². The summed E-state index contributed by atoms with van der Waals surface area (Å²) in [6.07, 6.45) is 1.28. The van der Waals surface area contributed by atoms with Crippen LogP contribution >= 0.6 is 15.9 Å². The van der Waals surface area contributed by atoms with Crippen molar-refractivity contribution in [3.05, 3.63) is 28.2 Å². The molecule has 0 amide bonds. The molecule has 0 bridgehead atoms. The van der Waals surface area contributed by atoms with Gasteiger partial charge in [0.1, 0.15) is 6.04 Å². The van der Waals surface area contributed by atoms with Crippen molar-refractivity contribution in [1.29, 1.82) is 0 Å². The molecule has 1 aromatic rings. The van der Waals surface area contributed by atoms with E-state index in [1.165, 1.54) is 19.2 Å². The van der Waals surface area contributed by atoms with E-state index in [1.807, 2.05) is 0 Å². The monoisotopic (exact) mass is 309 g/mol. The first-order chi connectivity index (χ1) is 7.00. The molecule has 0 spiro atoms. The van der Waals surface area contributed by atoms with Gasteiger partial charge in [-0.2, -0.15) is 0 Å². The van der Waals surface area contributed by atoms with Crippen molar-refractivity contribution in [2.45, 2.75) is 13.0 Å². The predicted octanol–water partition coefficient (Wildman–Crippen LogP) is -1.58. The van der Waals surface area contributed by atoms with Crippen molar-refractivity contribution < 1.29 is 66.4 Å². The van der Waals surface area contributed by atoms with Gasteiger partial charge in [-0.3, -0.25) is 4.99 Å². The first kappa shape index (κ1) is 16.3. The average Bonchev–Trinajstić information content (AvgIpc) is 2.18. The van der Waals surface area contributed by atoms with Gasteiger partial charge in [-0.1, -0.05) is 27.7 Å². The van der Waals surface area contributed by atoms with Crippen molar-refractivity contribution in [2.24, 2.45) is 4.99 Å². The van der Waals surface area contributed by atoms with E-state index >= 15 is 0 Å². The minimum atomic E-state index is -1.02. The summed E-state index contributed by atoms with van der Waals surface area (Å²) >= 11 is 3.22. The van der Waals surface area contributed by atoms with Gasteiger partial charge in [-0.15, -0.1) is 0 Å². The molecule has 6 heteroatoms. The van der Waals surface area contributed by atoms with Crippen LogP contribution in [0.4, 0.5) is 0 Å². The zero-order valence-corrected chi connectivity index (χ0v) is 13.7. The standard InChI is InChI=1S/C10H10BrNO3.K/c1-6(10(14)15)12-5-7-4-8(11)2-3-9(7)13;/h2-6,13H,1H3,(H,14,15);/q;+1/p-1/t6-;/m0./s1. The van der Waals surface area contributed by atoms with E-state index in [0.717, 1.165) is 4.47 Å². The topological polar surface area (TPSA) is 72.7 Å². The molecule has 0 radical (unpaired) electrons. The number of halogens is 1. The van der Waals surface area contributed by atoms with E-state index in [-0.39, 0.29) is 57.1 Å². The molecule has 0 saturated carbocycles. The van der Waals surface area contributed by atoms with Crippen LogP contribution in [0.15, 0.2) is 27.7 Å². The van der Waals surface area contributed by atoms with Crippen LogP contribution in [0, 0.1) is 0 Å². The summed E-state index contributed by atoms with van der Waals surface area (Å²) in [5, 5.41) is 19.9. The van der Waals surface area contributed by atoms with Crippen LogP contribution in [0.3, 0.4) is 0 Å². The number of aliphatic imine (C=N–C) groups is 1. The zero-order valence-electron chi connectivity index (χ0n) is 8.98. The summed E-state index contributed by atoms with van der Waals surface area (Å²) < 4.78 is 0.756. The van der Waals surface area contributed by atoms with E-state index in [9.17, 15) is 9.90 Å². The Morgan fingerprint density at radius 2 is 2.25 bits per heavy atom. The Morgan fingerprint density at radius 1 is 1.62 bits per heavy atom. The first-order valence-corrected chi connectivity index (χ1v) is 5.02. The number of hydrogen-bond donors (Lipinski definition) is 1. The molecular weight excluding hydrogens is 301 g/mol. The molecule has 0 fully saturated rings. The molecule has 1 rings (SSSR count). The maximum absolute atomic E-state index is 11.3. The van der Waals surface area contributed by atoms with Crippen molar-refractivity contribution >= 4 is 28.1 Å². The van der Waals surface area contributed by atoms with Crippen LogP contribution < -0.4 is 56.5 Å². The third-order valence-corrected chi connectivity index (χ3v) is 2.26. The second-order valence-corrected chi connectivity index (χ2v) is 3.89. The largest absolute Gasteiger partial charge is 1.00 e. The molecule has 4 nitrogen and oxygen atoms in total. The van der Waals surface area contributed by atoms with Gasteiger partial charge in [0.15, 0.2) is 0 Å². The number of rotatable bonds is 3. The molecule has 0 aliphatic carbocycles. The Hall–Kier alpha value is 0.276. The average molecular weight is 310 g/mol. The fourth-order valence-corrected chi connectivity index (χ4v) is 1.25. The van der Waals surface area contributed by atoms with Gasteiger partial charge in [-0.05, 0) is 24.6 Å². The summed E-state index contributed by atoms with van der Waals surface area (Å²) in [7, 11) is 0. The molecule has 0 unspecified atom stereocenters. The Morgan fingerprint density at radius 3 is 2.81 bits per heavy atom. The van der Waals surface area contributed by atoms with Crippen LogP contribution in [0.2, 0.25) is 0 Å². The normalized spacial score (nSPS) is 12.1. The molecule has 0 heterocycles. The SMILES string of the molecule is C[C@H](N=Cc1cc(Br)ccc1[O-])C(=O)O.[K+]. The summed E-state index contributed by atoms with van der Waals surface area (Å²) in [6.45, 7) is 1.45. The van der Waals surface area contributed by atoms with Crippen LogP contribution in [0.1, 0.15) is 12.5 Å². The van der Waals surface area contributed by atoms with Crippen LogP contribution in [0.25, 0.3) is 0 Å². The van der Waals surface area contributed by atoms with Gasteiger partial charge in [0.25, 0.3) is 0 Å². The predicted molar refractivity (Wildman–Crippen MR) is 58.3 cm³/mol. The van der Waals surface area contributed by atoms with Crippen molar-refractivity contribution in [3.63, 3.8) is 0 Å². The molecule has 1 N–H and O–H groups in total. The third kappa shape index (κ3) is 5.07. The number of nitrogens with zero attached hydrogens (tertiary/aromatic N) is 1. The number of hydrogen-bond acceptors (Lipinski definition) is 3. The maximum atomic E-state index is 11.3. The Kier molecular flexibility index (Phi) is 7.70. The molecular formula is C10H9BrKNO3. The molecule has 0 saturated heterocycles. The van der Waals surface area contributed by atoms with Gasteiger partial charge in [0.05, 0.1) is 0 Å². The van der Waals surface area contributed by atoms with Gasteiger partial charge in [-0.25, -0.2) is 4.79 Å². The Labute approximate surface area is 144 Å². The smallest absolute Gasteiger partial charge is 0.872 e. The van der Waals surface area contributed by atoms with Crippen LogP contribution in [-0.2, 0) is 4.79 Å². The summed E-state index contributed by atoms with van der Waals surface area (Å²) in [5.74, 6) is -1.20. The zero-order chi connectivity index (χ0) is 11.4. The number of aliphatic carboxylic acids is 1. The van der Waals surface area contributed by atoms with Crippen LogP contribution in [0.5, 0.6) is 5.75 Å². The fraction of sp³-hybridized carbons (Fsp3) is 0.200. The first-order valence-electron chi connectivity index (χ1n) is 4.23. The summed E-state index contributed by atoms with van der Waals surface area (Å²) in [6, 6.07) is 3.78. The number of carboxylic acids is 1. The number of carboxylic acid groups (broad SMARTS) is 1. The maximum Gasteiger partial charge on any atom is 1.00 e. The van der Waals surface area contributed by atoms with Gasteiger partial charge < -0.3 is 10.2 Å². The van der Waals surface area contributed by atoms with Gasteiger partial charge in [0, 0.05) is 10.7 Å². The minimum absolute atomic E-state index is 0. The molecule has 1 aromatic carbocycles. The van der Waals surface area contributed by atoms with Crippen molar-refractivity contribution in [2.75, 3.05) is 0 Å². The summed E-state index contributed by atoms with van der Waals surface area (Å²) in [5.41, 5.74) is 0.373. The number of benzene rings is 1. The van der Waals surface area contributed by atoms with E-state index < -0.39 is 12.0 Å². The number of carbonyl (C=O) groups is 1. The van der Waals surface area contributed by atoms with E-state index in [4.69, 9.17) is 5.11 Å². The molecule has 1 atom stereocenters. The van der Waals surface area contributed by atoms with E-state index in [0.29, 0.717) is 5.56 Å². The Bertz CT molecular complexity index is 409. The minimum Gasteiger partial charge on any atom is -0.872 e. The van der Waals surface area contributed by atoms with E-state index in [1.54, 1.807) is 12.1 Å². The third-order valence-electron chi connectivity index (χ3n) is 1.77. The quantitative estimate of drug-likeness (QED) is 0.541. The molecule has 0 aromatic heterocycles. The van der Waals surface area contributed by atoms with Gasteiger partial charge in [0.2, 0.25) is 0 Å². The van der Waals surface area contributed by atoms with Gasteiger partial charge >= 0.3 is 57.4 Å². The van der Waals surface area contributed by atoms with Crippen molar-refractivity contribution in [1.82, 2.24) is 0 Å². The second kappa shape index (κ2) is 7.57. The molecule has 80 valence electrons. The molecule has 0 aliphatic heterocycles. The molecule has 16 heavy (non-hydrogen) atoms.